The summed E-state index contributed by atoms with van der Waals surface area (Å²) in [5.41, 5.74) is 0.264. The fourth-order valence-corrected chi connectivity index (χ4v) is 3.08. The van der Waals surface area contributed by atoms with E-state index in [1.807, 2.05) is 24.3 Å². The van der Waals surface area contributed by atoms with Crippen molar-refractivity contribution >= 4 is 21.8 Å². The highest BCUT2D eigenvalue weighted by atomic mass is 79.9. The topological polar surface area (TPSA) is 49.3 Å². The molecule has 2 rings (SSSR count). The molecule has 0 radical (unpaired) electrons. The van der Waals surface area contributed by atoms with Gasteiger partial charge in [-0.1, -0.05) is 35.0 Å². The average Bonchev–Trinajstić information content (AvgIpc) is 2.41. The maximum absolute atomic E-state index is 11.9. The van der Waals surface area contributed by atoms with Crippen molar-refractivity contribution in [3.05, 3.63) is 34.3 Å². The monoisotopic (exact) mass is 339 g/mol. The van der Waals surface area contributed by atoms with E-state index in [1.165, 1.54) is 0 Å². The summed E-state index contributed by atoms with van der Waals surface area (Å²) in [6.07, 6.45) is 4.00. The lowest BCUT2D eigenvalue weighted by molar-refractivity contribution is -0.122. The molecule has 0 atom stereocenters. The lowest BCUT2D eigenvalue weighted by atomic mass is 9.79. The highest BCUT2D eigenvalue weighted by Crippen LogP contribution is 2.31. The molecule has 1 aliphatic rings. The van der Waals surface area contributed by atoms with Crippen molar-refractivity contribution in [2.45, 2.75) is 44.6 Å². The molecule has 20 heavy (non-hydrogen) atoms. The third-order valence-corrected chi connectivity index (χ3v) is 4.57. The molecule has 0 unspecified atom stereocenters. The maximum Gasteiger partial charge on any atom is 0.224 e. The lowest BCUT2D eigenvalue weighted by Gasteiger charge is -2.34. The first-order chi connectivity index (χ1) is 9.47. The summed E-state index contributed by atoms with van der Waals surface area (Å²) in [6.45, 7) is 2.58. The molecule has 0 aromatic heterocycles. The van der Waals surface area contributed by atoms with Crippen molar-refractivity contribution in [1.29, 1.82) is 0 Å². The lowest BCUT2D eigenvalue weighted by Crippen LogP contribution is -2.45. The van der Waals surface area contributed by atoms with E-state index in [0.717, 1.165) is 35.7 Å². The van der Waals surface area contributed by atoms with Gasteiger partial charge in [0.1, 0.15) is 0 Å². The van der Waals surface area contributed by atoms with Gasteiger partial charge in [0.05, 0.1) is 12.0 Å². The molecule has 4 heteroatoms. The number of benzene rings is 1. The van der Waals surface area contributed by atoms with Gasteiger partial charge < -0.3 is 10.4 Å². The van der Waals surface area contributed by atoms with E-state index in [2.05, 4.69) is 28.2 Å². The molecule has 1 saturated carbocycles. The van der Waals surface area contributed by atoms with Crippen LogP contribution in [0.2, 0.25) is 0 Å². The first-order valence-electron chi connectivity index (χ1n) is 7.20. The quantitative estimate of drug-likeness (QED) is 0.885. The van der Waals surface area contributed by atoms with E-state index in [-0.39, 0.29) is 5.91 Å². The number of aliphatic hydroxyl groups is 1. The Morgan fingerprint density at radius 3 is 2.80 bits per heavy atom. The van der Waals surface area contributed by atoms with Crippen LogP contribution in [0.1, 0.15) is 38.2 Å². The normalized spacial score (nSPS) is 26.2. The van der Waals surface area contributed by atoms with Gasteiger partial charge in [0.25, 0.3) is 0 Å². The summed E-state index contributed by atoms with van der Waals surface area (Å²) < 4.78 is 0.975. The van der Waals surface area contributed by atoms with Crippen LogP contribution in [-0.2, 0) is 11.2 Å². The third kappa shape index (κ3) is 4.60. The second-order valence-electron chi connectivity index (χ2n) is 5.99. The Morgan fingerprint density at radius 1 is 1.45 bits per heavy atom. The fourth-order valence-electron chi connectivity index (χ4n) is 2.63. The number of rotatable bonds is 4. The molecule has 0 bridgehead atoms. The molecule has 1 aromatic carbocycles. The van der Waals surface area contributed by atoms with Gasteiger partial charge in [-0.3, -0.25) is 4.79 Å². The van der Waals surface area contributed by atoms with E-state index in [9.17, 15) is 9.90 Å². The van der Waals surface area contributed by atoms with Crippen LogP contribution in [0.5, 0.6) is 0 Å². The smallest absolute Gasteiger partial charge is 0.224 e. The molecule has 0 aliphatic heterocycles. The number of halogens is 1. The average molecular weight is 340 g/mol. The molecule has 1 aliphatic carbocycles. The molecular weight excluding hydrogens is 318 g/mol. The maximum atomic E-state index is 11.9. The van der Waals surface area contributed by atoms with Gasteiger partial charge >= 0.3 is 0 Å². The minimum atomic E-state index is -0.709. The third-order valence-electron chi connectivity index (χ3n) is 4.07. The van der Waals surface area contributed by atoms with Crippen LogP contribution in [0.15, 0.2) is 28.7 Å². The number of hydrogen-bond donors (Lipinski definition) is 2. The van der Waals surface area contributed by atoms with Crippen LogP contribution in [0.25, 0.3) is 0 Å². The molecule has 2 N–H and O–H groups in total. The van der Waals surface area contributed by atoms with Crippen LogP contribution < -0.4 is 5.32 Å². The van der Waals surface area contributed by atoms with E-state index in [4.69, 9.17) is 0 Å². The molecule has 1 fully saturated rings. The predicted octanol–water partition coefficient (Wildman–Crippen LogP) is 3.05. The fraction of sp³-hybridized carbons (Fsp3) is 0.562. The SMILES string of the molecule is CC1CCC(O)(CNC(=O)Cc2cccc(Br)c2)CC1. The standard InChI is InChI=1S/C16H22BrNO2/c1-12-5-7-16(20,8-6-12)11-18-15(19)10-13-3-2-4-14(17)9-13/h2-4,9,12,20H,5-8,10-11H2,1H3,(H,18,19). The van der Waals surface area contributed by atoms with Crippen molar-refractivity contribution in [3.8, 4) is 0 Å². The van der Waals surface area contributed by atoms with Crippen molar-refractivity contribution in [3.63, 3.8) is 0 Å². The van der Waals surface area contributed by atoms with Crippen molar-refractivity contribution < 1.29 is 9.90 Å². The van der Waals surface area contributed by atoms with Gasteiger partial charge in [0.2, 0.25) is 5.91 Å². The Morgan fingerprint density at radius 2 is 2.15 bits per heavy atom. The Kier molecular flexibility index (Phi) is 5.22. The van der Waals surface area contributed by atoms with Crippen LogP contribution >= 0.6 is 15.9 Å². The van der Waals surface area contributed by atoms with Gasteiger partial charge in [-0.25, -0.2) is 0 Å². The Bertz CT molecular complexity index is 467. The predicted molar refractivity (Wildman–Crippen MR) is 83.4 cm³/mol. The zero-order valence-electron chi connectivity index (χ0n) is 11.9. The molecule has 1 aromatic rings. The molecular formula is C16H22BrNO2. The summed E-state index contributed by atoms with van der Waals surface area (Å²) in [5, 5.41) is 13.3. The van der Waals surface area contributed by atoms with Crippen LogP contribution in [0, 0.1) is 5.92 Å². The van der Waals surface area contributed by atoms with Crippen LogP contribution in [0.4, 0.5) is 0 Å². The van der Waals surface area contributed by atoms with Gasteiger partial charge in [0, 0.05) is 11.0 Å². The molecule has 0 spiro atoms. The minimum absolute atomic E-state index is 0.0323. The van der Waals surface area contributed by atoms with Crippen molar-refractivity contribution in [1.82, 2.24) is 5.32 Å². The number of nitrogens with one attached hydrogen (secondary N) is 1. The first kappa shape index (κ1) is 15.5. The number of carbonyl (C=O) groups is 1. The van der Waals surface area contributed by atoms with Gasteiger partial charge in [0.15, 0.2) is 0 Å². The molecule has 110 valence electrons. The second kappa shape index (κ2) is 6.72. The van der Waals surface area contributed by atoms with Gasteiger partial charge in [-0.05, 0) is 49.3 Å². The Balaban J connectivity index is 1.80. The van der Waals surface area contributed by atoms with E-state index < -0.39 is 5.60 Å². The summed E-state index contributed by atoms with van der Waals surface area (Å²) in [5.74, 6) is 0.655. The zero-order valence-corrected chi connectivity index (χ0v) is 13.4. The van der Waals surface area contributed by atoms with E-state index >= 15 is 0 Å². The summed E-state index contributed by atoms with van der Waals surface area (Å²) in [6, 6.07) is 7.73. The summed E-state index contributed by atoms with van der Waals surface area (Å²) in [7, 11) is 0. The summed E-state index contributed by atoms with van der Waals surface area (Å²) in [4.78, 5) is 11.9. The number of amides is 1. The van der Waals surface area contributed by atoms with Crippen molar-refractivity contribution in [2.75, 3.05) is 6.54 Å². The molecule has 0 saturated heterocycles. The number of carbonyl (C=O) groups excluding carboxylic acids is 1. The first-order valence-corrected chi connectivity index (χ1v) is 8.00. The largest absolute Gasteiger partial charge is 0.388 e. The minimum Gasteiger partial charge on any atom is -0.388 e. The second-order valence-corrected chi connectivity index (χ2v) is 6.91. The van der Waals surface area contributed by atoms with Crippen LogP contribution in [-0.4, -0.2) is 23.2 Å². The molecule has 3 nitrogen and oxygen atoms in total. The van der Waals surface area contributed by atoms with E-state index in [0.29, 0.717) is 18.9 Å². The van der Waals surface area contributed by atoms with Crippen molar-refractivity contribution in [2.24, 2.45) is 5.92 Å². The zero-order chi connectivity index (χ0) is 14.6. The van der Waals surface area contributed by atoms with Gasteiger partial charge in [-0.2, -0.15) is 0 Å². The highest BCUT2D eigenvalue weighted by molar-refractivity contribution is 9.10. The molecule has 0 heterocycles. The summed E-state index contributed by atoms with van der Waals surface area (Å²) >= 11 is 3.40. The highest BCUT2D eigenvalue weighted by Gasteiger charge is 2.31. The number of hydrogen-bond acceptors (Lipinski definition) is 2. The molecule has 1 amide bonds. The van der Waals surface area contributed by atoms with Gasteiger partial charge in [-0.15, -0.1) is 0 Å². The Hall–Kier alpha value is -0.870. The van der Waals surface area contributed by atoms with E-state index in [1.54, 1.807) is 0 Å². The Labute approximate surface area is 128 Å². The van der Waals surface area contributed by atoms with Crippen LogP contribution in [0.3, 0.4) is 0 Å².